The van der Waals surface area contributed by atoms with Crippen molar-refractivity contribution in [2.75, 3.05) is 26.4 Å². The SMILES string of the molecule is C[C@@]12CCC[C@@](C)(C(=O)O)[C@H]1CCC1=C[C@@](C)([C@H]3CO3)CC[C@H]12.C[C@@]12CCC[C@@](C)(C(=O)O)[C@H]1CCC1=C[C@@](C)([C@H]3CO3)CC[C@H]12.C[C@@]12CCC[C@@](C)(C(=O)O)[C@H]1CCC1=C[C@@](C)([C@H]3CO3)CC[C@H]12.C[C@@]12CCC[C@@](C)(C(=O)O)[C@H]1CCC1=C[C@@](C)([C@H]3CO3)CC[C@H]12. The molecule has 0 radical (unpaired) electrons. The van der Waals surface area contributed by atoms with Gasteiger partial charge in [-0.3, -0.25) is 19.2 Å². The summed E-state index contributed by atoms with van der Waals surface area (Å²) in [7, 11) is 0. The van der Waals surface area contributed by atoms with Crippen LogP contribution in [0.1, 0.15) is 263 Å². The number of carboxylic acids is 4. The van der Waals surface area contributed by atoms with E-state index in [2.05, 4.69) is 79.7 Å². The van der Waals surface area contributed by atoms with Crippen LogP contribution in [-0.4, -0.2) is 95.1 Å². The van der Waals surface area contributed by atoms with Gasteiger partial charge in [-0.05, 0) is 251 Å². The van der Waals surface area contributed by atoms with E-state index in [9.17, 15) is 39.6 Å². The van der Waals surface area contributed by atoms with Crippen LogP contribution < -0.4 is 0 Å². The third-order valence-corrected chi connectivity index (χ3v) is 31.9. The van der Waals surface area contributed by atoms with E-state index in [0.29, 0.717) is 71.8 Å². The van der Waals surface area contributed by atoms with E-state index in [-0.39, 0.29) is 43.3 Å². The number of fused-ring (bicyclic) bond motifs is 12. The number of hydrogen-bond donors (Lipinski definition) is 4. The average molecular weight is 1270 g/mol. The second kappa shape index (κ2) is 23.2. The minimum absolute atomic E-state index is 0.168. The molecule has 0 bridgehead atoms. The van der Waals surface area contributed by atoms with Crippen molar-refractivity contribution >= 4 is 23.9 Å². The van der Waals surface area contributed by atoms with E-state index in [0.717, 1.165) is 129 Å². The highest BCUT2D eigenvalue weighted by atomic mass is 16.6. The zero-order chi connectivity index (χ0) is 65.8. The Labute approximate surface area is 552 Å². The molecule has 4 heterocycles. The molecule has 24 atom stereocenters. The number of carbonyl (C=O) groups is 4. The molecule has 92 heavy (non-hydrogen) atoms. The minimum atomic E-state index is -0.576. The Morgan fingerprint density at radius 3 is 0.652 bits per heavy atom. The molecule has 12 heteroatoms. The van der Waals surface area contributed by atoms with Gasteiger partial charge in [0.1, 0.15) is 0 Å². The zero-order valence-electron chi connectivity index (χ0n) is 58.9. The van der Waals surface area contributed by atoms with E-state index in [1.807, 2.05) is 27.7 Å². The van der Waals surface area contributed by atoms with Crippen LogP contribution in [0.15, 0.2) is 46.6 Å². The molecule has 512 valence electrons. The molecule has 12 aliphatic carbocycles. The Kier molecular flexibility index (Phi) is 16.9. The van der Waals surface area contributed by atoms with Gasteiger partial charge in [0.25, 0.3) is 0 Å². The van der Waals surface area contributed by atoms with Crippen LogP contribution in [0.2, 0.25) is 0 Å². The Bertz CT molecular complexity index is 2650. The van der Waals surface area contributed by atoms with Gasteiger partial charge >= 0.3 is 23.9 Å². The van der Waals surface area contributed by atoms with Gasteiger partial charge in [0.05, 0.1) is 72.5 Å². The zero-order valence-corrected chi connectivity index (χ0v) is 58.9. The fourth-order valence-electron chi connectivity index (χ4n) is 25.9. The van der Waals surface area contributed by atoms with Crippen molar-refractivity contribution in [3.05, 3.63) is 46.6 Å². The highest BCUT2D eigenvalue weighted by Gasteiger charge is 2.64. The van der Waals surface area contributed by atoms with Gasteiger partial charge in [-0.25, -0.2) is 0 Å². The summed E-state index contributed by atoms with van der Waals surface area (Å²) >= 11 is 0. The molecule has 4 aliphatic heterocycles. The van der Waals surface area contributed by atoms with Crippen LogP contribution in [0.25, 0.3) is 0 Å². The molecule has 16 aliphatic rings. The summed E-state index contributed by atoms with van der Waals surface area (Å²) in [5, 5.41) is 39.5. The largest absolute Gasteiger partial charge is 0.481 e. The average Bonchev–Trinajstić information content (AvgIpc) is 1.61. The van der Waals surface area contributed by atoms with E-state index in [1.54, 1.807) is 22.3 Å². The summed E-state index contributed by atoms with van der Waals surface area (Å²) in [5.41, 5.74) is 5.90. The topological polar surface area (TPSA) is 199 Å². The number of allylic oxidation sites excluding steroid dienone is 4. The van der Waals surface area contributed by atoms with Crippen molar-refractivity contribution < 1.29 is 58.6 Å². The van der Waals surface area contributed by atoms with E-state index in [1.165, 1.54) is 77.0 Å². The van der Waals surface area contributed by atoms with Crippen molar-refractivity contribution in [2.24, 2.45) is 112 Å². The Morgan fingerprint density at radius 2 is 0.489 bits per heavy atom. The summed E-state index contributed by atoms with van der Waals surface area (Å²) < 4.78 is 22.4. The van der Waals surface area contributed by atoms with Gasteiger partial charge in [-0.1, -0.05) is 128 Å². The lowest BCUT2D eigenvalue weighted by atomic mass is 9.45. The van der Waals surface area contributed by atoms with Crippen molar-refractivity contribution in [2.45, 2.75) is 287 Å². The molecule has 12 nitrogen and oxygen atoms in total. The van der Waals surface area contributed by atoms with Gasteiger partial charge in [-0.15, -0.1) is 0 Å². The van der Waals surface area contributed by atoms with Crippen LogP contribution >= 0.6 is 0 Å². The predicted octanol–water partition coefficient (Wildman–Crippen LogP) is 17.7. The second-order valence-electron chi connectivity index (χ2n) is 37.2. The van der Waals surface area contributed by atoms with Crippen molar-refractivity contribution in [3.63, 3.8) is 0 Å². The van der Waals surface area contributed by atoms with E-state index >= 15 is 0 Å². The van der Waals surface area contributed by atoms with Crippen molar-refractivity contribution in [3.8, 4) is 0 Å². The third-order valence-electron chi connectivity index (χ3n) is 31.9. The first-order valence-electron chi connectivity index (χ1n) is 37.4. The molecule has 4 N–H and O–H groups in total. The lowest BCUT2D eigenvalue weighted by Gasteiger charge is -2.59. The first-order chi connectivity index (χ1) is 43.2. The molecule has 0 amide bonds. The fraction of sp³-hybridized carbons (Fsp3) is 0.850. The third kappa shape index (κ3) is 11.0. The summed E-state index contributed by atoms with van der Waals surface area (Å²) in [5.74, 6) is 1.35. The molecule has 4 saturated heterocycles. The second-order valence-corrected chi connectivity index (χ2v) is 37.2. The first kappa shape index (κ1) is 67.3. The summed E-state index contributed by atoms with van der Waals surface area (Å²) in [6.07, 6.45) is 42.4. The van der Waals surface area contributed by atoms with Crippen LogP contribution in [0.3, 0.4) is 0 Å². The van der Waals surface area contributed by atoms with Gasteiger partial charge in [-0.2, -0.15) is 0 Å². The first-order valence-corrected chi connectivity index (χ1v) is 37.4. The monoisotopic (exact) mass is 1270 g/mol. The maximum atomic E-state index is 12.0. The number of carboxylic acid groups (broad SMARTS) is 4. The molecular formula is C80H120O12. The Balaban J connectivity index is 0.000000112. The lowest BCUT2D eigenvalue weighted by Crippen LogP contribution is -2.54. The van der Waals surface area contributed by atoms with Gasteiger partial charge in [0, 0.05) is 21.7 Å². The normalized spacial score (nSPS) is 52.1. The lowest BCUT2D eigenvalue weighted by molar-refractivity contribution is -0.165. The Morgan fingerprint density at radius 1 is 0.304 bits per heavy atom. The Hall–Kier alpha value is -3.32. The number of ether oxygens (including phenoxy) is 4. The summed E-state index contributed by atoms with van der Waals surface area (Å²) in [6, 6.07) is 0. The van der Waals surface area contributed by atoms with Crippen molar-refractivity contribution in [1.29, 1.82) is 0 Å². The predicted molar refractivity (Wildman–Crippen MR) is 356 cm³/mol. The molecule has 16 rings (SSSR count). The van der Waals surface area contributed by atoms with Crippen molar-refractivity contribution in [1.82, 2.24) is 0 Å². The summed E-state index contributed by atoms with van der Waals surface area (Å²) in [4.78, 5) is 48.0. The summed E-state index contributed by atoms with van der Waals surface area (Å²) in [6.45, 7) is 30.7. The molecule has 0 aromatic rings. The van der Waals surface area contributed by atoms with Gasteiger partial charge < -0.3 is 39.4 Å². The molecule has 8 saturated carbocycles. The maximum Gasteiger partial charge on any atom is 0.309 e. The minimum Gasteiger partial charge on any atom is -0.481 e. The van der Waals surface area contributed by atoms with Gasteiger partial charge in [0.2, 0.25) is 0 Å². The number of rotatable bonds is 8. The quantitative estimate of drug-likeness (QED) is 0.133. The smallest absolute Gasteiger partial charge is 0.309 e. The maximum absolute atomic E-state index is 12.0. The molecule has 0 aromatic heterocycles. The number of hydrogen-bond acceptors (Lipinski definition) is 8. The standard InChI is InChI=1S/4C20H30O3/c4*1-18(16-12-23-16)10-7-14-13(11-18)5-6-15-19(14,2)8-4-9-20(15,3)17(21)22/h4*11,14-16H,4-10,12H2,1-3H3,(H,21,22)/t4*14-,15+,16-,18+,19+,20-/m1111/s1. The highest BCUT2D eigenvalue weighted by Crippen LogP contribution is 2.69. The molecule has 0 unspecified atom stereocenters. The van der Waals surface area contributed by atoms with Crippen LogP contribution in [0, 0.1) is 112 Å². The fourth-order valence-corrected chi connectivity index (χ4v) is 25.9. The highest BCUT2D eigenvalue weighted by molar-refractivity contribution is 5.77. The van der Waals surface area contributed by atoms with Gasteiger partial charge in [0.15, 0.2) is 0 Å². The van der Waals surface area contributed by atoms with Crippen LogP contribution in [0.5, 0.6) is 0 Å². The molecular weight excluding hydrogens is 1150 g/mol. The molecule has 0 spiro atoms. The number of epoxide rings is 4. The van der Waals surface area contributed by atoms with E-state index < -0.39 is 45.5 Å². The van der Waals surface area contributed by atoms with Crippen LogP contribution in [-0.2, 0) is 38.1 Å². The molecule has 12 fully saturated rings. The van der Waals surface area contributed by atoms with E-state index in [4.69, 9.17) is 18.9 Å². The number of aliphatic carboxylic acids is 4. The molecule has 0 aromatic carbocycles. The van der Waals surface area contributed by atoms with Crippen LogP contribution in [0.4, 0.5) is 0 Å².